The van der Waals surface area contributed by atoms with Gasteiger partial charge in [0.25, 0.3) is 0 Å². The van der Waals surface area contributed by atoms with Crippen LogP contribution in [0.1, 0.15) is 13.8 Å². The maximum Gasteiger partial charge on any atom is 0.127 e. The predicted octanol–water partition coefficient (Wildman–Crippen LogP) is 3.12. The van der Waals surface area contributed by atoms with E-state index in [0.29, 0.717) is 12.5 Å². The quantitative estimate of drug-likeness (QED) is 0.881. The summed E-state index contributed by atoms with van der Waals surface area (Å²) in [5.41, 5.74) is 1.97. The average Bonchev–Trinajstić information content (AvgIpc) is 2.89. The van der Waals surface area contributed by atoms with E-state index in [9.17, 15) is 0 Å². The van der Waals surface area contributed by atoms with Crippen LogP contribution in [0.25, 0.3) is 11.1 Å². The SMILES string of the molecule is COc1ccc(OCC(C)C)cc1-c1cn[nH]c1. The zero-order chi connectivity index (χ0) is 13.0. The molecule has 0 saturated carbocycles. The van der Waals surface area contributed by atoms with Gasteiger partial charge in [-0.2, -0.15) is 5.10 Å². The molecule has 0 radical (unpaired) electrons. The van der Waals surface area contributed by atoms with Crippen molar-refractivity contribution in [2.75, 3.05) is 13.7 Å². The third kappa shape index (κ3) is 2.83. The topological polar surface area (TPSA) is 47.1 Å². The summed E-state index contributed by atoms with van der Waals surface area (Å²) in [6, 6.07) is 5.81. The molecule has 0 aliphatic heterocycles. The first-order valence-electron chi connectivity index (χ1n) is 6.00. The Kier molecular flexibility index (Phi) is 3.87. The molecule has 96 valence electrons. The van der Waals surface area contributed by atoms with Crippen LogP contribution >= 0.6 is 0 Å². The van der Waals surface area contributed by atoms with Crippen LogP contribution in [0.5, 0.6) is 11.5 Å². The Morgan fingerprint density at radius 3 is 2.78 bits per heavy atom. The fourth-order valence-electron chi connectivity index (χ4n) is 1.66. The van der Waals surface area contributed by atoms with Gasteiger partial charge in [0.2, 0.25) is 0 Å². The van der Waals surface area contributed by atoms with Crippen LogP contribution < -0.4 is 9.47 Å². The van der Waals surface area contributed by atoms with Crippen LogP contribution in [-0.4, -0.2) is 23.9 Å². The van der Waals surface area contributed by atoms with Gasteiger partial charge in [-0.3, -0.25) is 5.10 Å². The summed E-state index contributed by atoms with van der Waals surface area (Å²) >= 11 is 0. The van der Waals surface area contributed by atoms with Crippen molar-refractivity contribution in [1.82, 2.24) is 10.2 Å². The van der Waals surface area contributed by atoms with Crippen LogP contribution in [0.4, 0.5) is 0 Å². The van der Waals surface area contributed by atoms with E-state index >= 15 is 0 Å². The van der Waals surface area contributed by atoms with E-state index in [1.54, 1.807) is 13.3 Å². The Balaban J connectivity index is 2.28. The van der Waals surface area contributed by atoms with E-state index in [4.69, 9.17) is 9.47 Å². The molecule has 2 aromatic rings. The molecule has 0 aliphatic rings. The molecule has 0 spiro atoms. The fourth-order valence-corrected chi connectivity index (χ4v) is 1.66. The lowest BCUT2D eigenvalue weighted by Gasteiger charge is -2.12. The second kappa shape index (κ2) is 5.58. The molecule has 1 N–H and O–H groups in total. The van der Waals surface area contributed by atoms with Crippen LogP contribution in [0.3, 0.4) is 0 Å². The number of nitrogens with zero attached hydrogens (tertiary/aromatic N) is 1. The monoisotopic (exact) mass is 246 g/mol. The van der Waals surface area contributed by atoms with E-state index in [0.717, 1.165) is 22.6 Å². The van der Waals surface area contributed by atoms with Gasteiger partial charge in [0, 0.05) is 17.3 Å². The minimum Gasteiger partial charge on any atom is -0.496 e. The van der Waals surface area contributed by atoms with Crippen LogP contribution in [-0.2, 0) is 0 Å². The predicted molar refractivity (Wildman–Crippen MR) is 70.9 cm³/mol. The van der Waals surface area contributed by atoms with Gasteiger partial charge in [0.05, 0.1) is 19.9 Å². The first-order valence-corrected chi connectivity index (χ1v) is 6.00. The molecule has 0 atom stereocenters. The number of hydrogen-bond acceptors (Lipinski definition) is 3. The molecule has 0 aliphatic carbocycles. The number of rotatable bonds is 5. The van der Waals surface area contributed by atoms with Gasteiger partial charge >= 0.3 is 0 Å². The normalized spacial score (nSPS) is 10.7. The molecule has 0 amide bonds. The summed E-state index contributed by atoms with van der Waals surface area (Å²) in [4.78, 5) is 0. The summed E-state index contributed by atoms with van der Waals surface area (Å²) in [5, 5.41) is 6.76. The first kappa shape index (κ1) is 12.5. The summed E-state index contributed by atoms with van der Waals surface area (Å²) in [7, 11) is 1.66. The van der Waals surface area contributed by atoms with Gasteiger partial charge in [0.1, 0.15) is 11.5 Å². The van der Waals surface area contributed by atoms with Gasteiger partial charge in [-0.25, -0.2) is 0 Å². The molecule has 2 rings (SSSR count). The average molecular weight is 246 g/mol. The fraction of sp³-hybridized carbons (Fsp3) is 0.357. The van der Waals surface area contributed by atoms with Crippen molar-refractivity contribution in [3.05, 3.63) is 30.6 Å². The maximum atomic E-state index is 5.72. The Morgan fingerprint density at radius 2 is 2.17 bits per heavy atom. The van der Waals surface area contributed by atoms with Crippen molar-refractivity contribution in [2.24, 2.45) is 5.92 Å². The highest BCUT2D eigenvalue weighted by molar-refractivity contribution is 5.70. The molecule has 18 heavy (non-hydrogen) atoms. The molecular formula is C14H18N2O2. The van der Waals surface area contributed by atoms with Crippen molar-refractivity contribution in [1.29, 1.82) is 0 Å². The van der Waals surface area contributed by atoms with Crippen molar-refractivity contribution in [2.45, 2.75) is 13.8 Å². The molecule has 1 aromatic heterocycles. The lowest BCUT2D eigenvalue weighted by atomic mass is 10.1. The number of aromatic nitrogens is 2. The van der Waals surface area contributed by atoms with Crippen molar-refractivity contribution < 1.29 is 9.47 Å². The molecule has 0 fully saturated rings. The Morgan fingerprint density at radius 1 is 1.33 bits per heavy atom. The molecule has 4 heteroatoms. The van der Waals surface area contributed by atoms with Crippen LogP contribution in [0.2, 0.25) is 0 Å². The van der Waals surface area contributed by atoms with Gasteiger partial charge in [-0.05, 0) is 24.1 Å². The highest BCUT2D eigenvalue weighted by Gasteiger charge is 2.09. The molecule has 0 bridgehead atoms. The highest BCUT2D eigenvalue weighted by atomic mass is 16.5. The van der Waals surface area contributed by atoms with E-state index in [2.05, 4.69) is 24.0 Å². The van der Waals surface area contributed by atoms with Gasteiger partial charge < -0.3 is 9.47 Å². The largest absolute Gasteiger partial charge is 0.496 e. The smallest absolute Gasteiger partial charge is 0.127 e. The number of ether oxygens (including phenoxy) is 2. The Bertz CT molecular complexity index is 493. The Hall–Kier alpha value is -1.97. The van der Waals surface area contributed by atoms with E-state index in [1.165, 1.54) is 0 Å². The zero-order valence-electron chi connectivity index (χ0n) is 10.9. The van der Waals surface area contributed by atoms with Gasteiger partial charge in [0.15, 0.2) is 0 Å². The number of H-pyrrole nitrogens is 1. The van der Waals surface area contributed by atoms with E-state index in [1.807, 2.05) is 24.4 Å². The van der Waals surface area contributed by atoms with Crippen molar-refractivity contribution >= 4 is 0 Å². The number of methoxy groups -OCH3 is 1. The molecular weight excluding hydrogens is 228 g/mol. The van der Waals surface area contributed by atoms with Crippen LogP contribution in [0, 0.1) is 5.92 Å². The second-order valence-electron chi connectivity index (χ2n) is 4.55. The van der Waals surface area contributed by atoms with E-state index < -0.39 is 0 Å². The Labute approximate surface area is 107 Å². The number of benzene rings is 1. The molecule has 0 unspecified atom stereocenters. The molecule has 0 saturated heterocycles. The van der Waals surface area contributed by atoms with E-state index in [-0.39, 0.29) is 0 Å². The number of aromatic amines is 1. The summed E-state index contributed by atoms with van der Waals surface area (Å²) in [6.07, 6.45) is 3.61. The lowest BCUT2D eigenvalue weighted by Crippen LogP contribution is -2.04. The highest BCUT2D eigenvalue weighted by Crippen LogP contribution is 2.32. The third-order valence-electron chi connectivity index (χ3n) is 2.56. The molecule has 1 heterocycles. The number of hydrogen-bond donors (Lipinski definition) is 1. The summed E-state index contributed by atoms with van der Waals surface area (Å²) in [6.45, 7) is 4.96. The standard InChI is InChI=1S/C14H18N2O2/c1-10(2)9-18-12-4-5-14(17-3)13(6-12)11-7-15-16-8-11/h4-8,10H,9H2,1-3H3,(H,15,16). The summed E-state index contributed by atoms with van der Waals surface area (Å²) in [5.74, 6) is 2.17. The first-order chi connectivity index (χ1) is 8.70. The summed E-state index contributed by atoms with van der Waals surface area (Å²) < 4.78 is 11.1. The second-order valence-corrected chi connectivity index (χ2v) is 4.55. The minimum atomic E-state index is 0.504. The maximum absolute atomic E-state index is 5.72. The molecule has 1 aromatic carbocycles. The van der Waals surface area contributed by atoms with Crippen molar-refractivity contribution in [3.63, 3.8) is 0 Å². The van der Waals surface area contributed by atoms with Gasteiger partial charge in [-0.1, -0.05) is 13.8 Å². The zero-order valence-corrected chi connectivity index (χ0v) is 10.9. The van der Waals surface area contributed by atoms with Gasteiger partial charge in [-0.15, -0.1) is 0 Å². The third-order valence-corrected chi connectivity index (χ3v) is 2.56. The minimum absolute atomic E-state index is 0.504. The lowest BCUT2D eigenvalue weighted by molar-refractivity contribution is 0.271. The van der Waals surface area contributed by atoms with Crippen LogP contribution in [0.15, 0.2) is 30.6 Å². The molecule has 4 nitrogen and oxygen atoms in total. The van der Waals surface area contributed by atoms with Crippen molar-refractivity contribution in [3.8, 4) is 22.6 Å². The number of nitrogens with one attached hydrogen (secondary N) is 1.